The van der Waals surface area contributed by atoms with Gasteiger partial charge < -0.3 is 14.0 Å². The molecule has 0 aliphatic carbocycles. The second kappa shape index (κ2) is 6.09. The van der Waals surface area contributed by atoms with E-state index < -0.39 is 6.36 Å². The van der Waals surface area contributed by atoms with Crippen molar-refractivity contribution in [2.24, 2.45) is 0 Å². The fourth-order valence-electron chi connectivity index (χ4n) is 3.13. The van der Waals surface area contributed by atoms with Crippen molar-refractivity contribution in [2.75, 3.05) is 6.61 Å². The molecule has 0 radical (unpaired) electrons. The van der Waals surface area contributed by atoms with Crippen LogP contribution >= 0.6 is 0 Å². The van der Waals surface area contributed by atoms with Crippen LogP contribution in [0.4, 0.5) is 13.2 Å². The van der Waals surface area contributed by atoms with Crippen molar-refractivity contribution in [3.63, 3.8) is 0 Å². The van der Waals surface area contributed by atoms with Gasteiger partial charge in [0.2, 0.25) is 0 Å². The average Bonchev–Trinajstić information content (AvgIpc) is 2.81. The van der Waals surface area contributed by atoms with Crippen LogP contribution in [0.3, 0.4) is 0 Å². The highest BCUT2D eigenvalue weighted by atomic mass is 19.4. The number of rotatable bonds is 2. The third-order valence-corrected chi connectivity index (χ3v) is 4.28. The van der Waals surface area contributed by atoms with Crippen molar-refractivity contribution in [1.82, 2.24) is 9.55 Å². The normalized spacial score (nSPS) is 13.4. The molecule has 1 aliphatic heterocycles. The van der Waals surface area contributed by atoms with Gasteiger partial charge in [0.15, 0.2) is 0 Å². The molecule has 26 heavy (non-hydrogen) atoms. The highest BCUT2D eigenvalue weighted by Crippen LogP contribution is 2.36. The summed E-state index contributed by atoms with van der Waals surface area (Å²) in [4.78, 5) is 4.75. The van der Waals surface area contributed by atoms with E-state index in [0.717, 1.165) is 34.1 Å². The van der Waals surface area contributed by atoms with E-state index >= 15 is 0 Å². The third-order valence-electron chi connectivity index (χ3n) is 4.28. The van der Waals surface area contributed by atoms with Crippen molar-refractivity contribution >= 4 is 0 Å². The first-order chi connectivity index (χ1) is 12.4. The quantitative estimate of drug-likeness (QED) is 0.658. The van der Waals surface area contributed by atoms with Gasteiger partial charge in [0, 0.05) is 11.3 Å². The smallest absolute Gasteiger partial charge is 0.491 e. The fraction of sp³-hybridized carbons (Fsp3) is 0.211. The number of hydrogen-bond donors (Lipinski definition) is 0. The molecule has 0 saturated heterocycles. The number of fused-ring (bicyclic) bond motifs is 3. The number of benzene rings is 2. The maximum Gasteiger partial charge on any atom is 0.573 e. The number of imidazole rings is 1. The van der Waals surface area contributed by atoms with Gasteiger partial charge >= 0.3 is 6.36 Å². The van der Waals surface area contributed by atoms with Crippen LogP contribution in [0, 0.1) is 6.92 Å². The van der Waals surface area contributed by atoms with Crippen molar-refractivity contribution in [3.8, 4) is 34.1 Å². The largest absolute Gasteiger partial charge is 0.573 e. The molecule has 0 unspecified atom stereocenters. The molecule has 1 aromatic heterocycles. The van der Waals surface area contributed by atoms with E-state index in [1.165, 1.54) is 12.1 Å². The zero-order chi connectivity index (χ0) is 18.3. The molecule has 0 atom stereocenters. The van der Waals surface area contributed by atoms with Crippen LogP contribution in [0.5, 0.6) is 11.5 Å². The Morgan fingerprint density at radius 2 is 1.81 bits per heavy atom. The summed E-state index contributed by atoms with van der Waals surface area (Å²) in [5.74, 6) is 1.32. The Hall–Kier alpha value is -2.96. The number of hydrogen-bond acceptors (Lipinski definition) is 3. The molecule has 4 nitrogen and oxygen atoms in total. The molecule has 3 aromatic rings. The molecule has 2 heterocycles. The maximum atomic E-state index is 12.3. The van der Waals surface area contributed by atoms with Gasteiger partial charge in [-0.2, -0.15) is 0 Å². The summed E-state index contributed by atoms with van der Waals surface area (Å²) in [6, 6.07) is 13.4. The number of alkyl halides is 3. The average molecular weight is 360 g/mol. The summed E-state index contributed by atoms with van der Waals surface area (Å²) in [7, 11) is 0. The van der Waals surface area contributed by atoms with E-state index in [1.807, 2.05) is 31.2 Å². The van der Waals surface area contributed by atoms with Crippen LogP contribution in [0.1, 0.15) is 5.69 Å². The highest BCUT2D eigenvalue weighted by Gasteiger charge is 2.31. The first-order valence-electron chi connectivity index (χ1n) is 8.08. The highest BCUT2D eigenvalue weighted by molar-refractivity contribution is 5.72. The SMILES string of the molecule is Cc1c(-c2ccc(OC(F)(F)F)cc2)nc2n1CCOc1ccccc1-2. The van der Waals surface area contributed by atoms with Gasteiger partial charge in [-0.25, -0.2) is 4.98 Å². The van der Waals surface area contributed by atoms with E-state index in [-0.39, 0.29) is 5.75 Å². The lowest BCUT2D eigenvalue weighted by atomic mass is 10.1. The number of aromatic nitrogens is 2. The maximum absolute atomic E-state index is 12.3. The van der Waals surface area contributed by atoms with Gasteiger partial charge in [0.1, 0.15) is 23.9 Å². The Bertz CT molecular complexity index is 946. The van der Waals surface area contributed by atoms with Crippen LogP contribution in [0.2, 0.25) is 0 Å². The second-order valence-electron chi connectivity index (χ2n) is 5.94. The molecule has 0 bridgehead atoms. The lowest BCUT2D eigenvalue weighted by Gasteiger charge is -2.09. The summed E-state index contributed by atoms with van der Waals surface area (Å²) in [6.45, 7) is 3.12. The molecule has 134 valence electrons. The van der Waals surface area contributed by atoms with E-state index in [4.69, 9.17) is 9.72 Å². The first-order valence-corrected chi connectivity index (χ1v) is 8.08. The van der Waals surface area contributed by atoms with Gasteiger partial charge in [-0.15, -0.1) is 13.2 Å². The summed E-state index contributed by atoms with van der Waals surface area (Å²) < 4.78 is 48.7. The lowest BCUT2D eigenvalue weighted by molar-refractivity contribution is -0.274. The molecule has 1 aliphatic rings. The Morgan fingerprint density at radius 1 is 1.08 bits per heavy atom. The first kappa shape index (κ1) is 16.5. The van der Waals surface area contributed by atoms with E-state index in [9.17, 15) is 13.2 Å². The molecular formula is C19H15F3N2O2. The van der Waals surface area contributed by atoms with Gasteiger partial charge in [-0.05, 0) is 43.3 Å². The zero-order valence-corrected chi connectivity index (χ0v) is 13.9. The summed E-state index contributed by atoms with van der Waals surface area (Å²) in [5, 5.41) is 0. The molecule has 2 aromatic carbocycles. The summed E-state index contributed by atoms with van der Waals surface area (Å²) in [6.07, 6.45) is -4.70. The van der Waals surface area contributed by atoms with E-state index in [2.05, 4.69) is 9.30 Å². The Kier molecular flexibility index (Phi) is 3.86. The van der Waals surface area contributed by atoms with Gasteiger partial charge in [0.05, 0.1) is 17.8 Å². The summed E-state index contributed by atoms with van der Waals surface area (Å²) in [5.41, 5.74) is 3.30. The molecule has 0 fully saturated rings. The molecular weight excluding hydrogens is 345 g/mol. The minimum atomic E-state index is -4.70. The summed E-state index contributed by atoms with van der Waals surface area (Å²) >= 11 is 0. The standard InChI is InChI=1S/C19H15F3N2O2/c1-12-17(13-6-8-14(9-7-13)26-19(20,21)22)23-18-15-4-2-3-5-16(15)25-11-10-24(12)18/h2-9H,10-11H2,1H3. The van der Waals surface area contributed by atoms with Crippen molar-refractivity contribution < 1.29 is 22.6 Å². The Balaban J connectivity index is 1.74. The minimum absolute atomic E-state index is 0.251. The number of ether oxygens (including phenoxy) is 2. The van der Waals surface area contributed by atoms with Crippen molar-refractivity contribution in [3.05, 3.63) is 54.2 Å². The van der Waals surface area contributed by atoms with Crippen LogP contribution in [-0.4, -0.2) is 22.5 Å². The van der Waals surface area contributed by atoms with Gasteiger partial charge in [0.25, 0.3) is 0 Å². The fourth-order valence-corrected chi connectivity index (χ4v) is 3.13. The predicted octanol–water partition coefficient (Wildman–Crippen LogP) is 4.82. The van der Waals surface area contributed by atoms with Crippen LogP contribution in [-0.2, 0) is 6.54 Å². The number of nitrogens with zero attached hydrogens (tertiary/aromatic N) is 2. The Morgan fingerprint density at radius 3 is 2.54 bits per heavy atom. The minimum Gasteiger partial charge on any atom is -0.491 e. The van der Waals surface area contributed by atoms with Crippen LogP contribution in [0.15, 0.2) is 48.5 Å². The van der Waals surface area contributed by atoms with E-state index in [1.54, 1.807) is 12.1 Å². The zero-order valence-electron chi connectivity index (χ0n) is 13.9. The molecule has 0 saturated carbocycles. The predicted molar refractivity (Wildman–Crippen MR) is 90.0 cm³/mol. The van der Waals surface area contributed by atoms with Gasteiger partial charge in [-0.1, -0.05) is 12.1 Å². The molecule has 0 spiro atoms. The lowest BCUT2D eigenvalue weighted by Crippen LogP contribution is -2.16. The topological polar surface area (TPSA) is 36.3 Å². The Labute approximate surface area is 147 Å². The monoisotopic (exact) mass is 360 g/mol. The molecule has 4 rings (SSSR count). The number of halogens is 3. The second-order valence-corrected chi connectivity index (χ2v) is 5.94. The molecule has 0 amide bonds. The molecule has 7 heteroatoms. The number of para-hydroxylation sites is 1. The van der Waals surface area contributed by atoms with Gasteiger partial charge in [-0.3, -0.25) is 0 Å². The van der Waals surface area contributed by atoms with Crippen molar-refractivity contribution in [2.45, 2.75) is 19.8 Å². The molecule has 0 N–H and O–H groups in total. The third kappa shape index (κ3) is 3.00. The van der Waals surface area contributed by atoms with Crippen molar-refractivity contribution in [1.29, 1.82) is 0 Å². The van der Waals surface area contributed by atoms with Crippen LogP contribution < -0.4 is 9.47 Å². The van der Waals surface area contributed by atoms with Crippen LogP contribution in [0.25, 0.3) is 22.6 Å². The van der Waals surface area contributed by atoms with E-state index in [0.29, 0.717) is 13.2 Å².